The molecule has 31 heavy (non-hydrogen) atoms. The number of nitrogens with zero attached hydrogens (tertiary/aromatic N) is 3. The lowest BCUT2D eigenvalue weighted by atomic mass is 10.1. The lowest BCUT2D eigenvalue weighted by Crippen LogP contribution is -2.37. The maximum atomic E-state index is 13.0. The van der Waals surface area contributed by atoms with Gasteiger partial charge in [-0.05, 0) is 43.7 Å². The average molecular weight is 445 g/mol. The van der Waals surface area contributed by atoms with Gasteiger partial charge in [0.25, 0.3) is 5.56 Å². The number of carbonyl (C=O) groups excluding carboxylic acids is 1. The van der Waals surface area contributed by atoms with Crippen molar-refractivity contribution < 1.29 is 13.2 Å². The molecule has 0 atom stereocenters. The topological polar surface area (TPSA) is 110 Å². The highest BCUT2D eigenvalue weighted by atomic mass is 32.2. The summed E-state index contributed by atoms with van der Waals surface area (Å²) >= 11 is 0. The van der Waals surface area contributed by atoms with Crippen LogP contribution in [-0.2, 0) is 28.9 Å². The lowest BCUT2D eigenvalue weighted by molar-refractivity contribution is -0.116. The van der Waals surface area contributed by atoms with Crippen LogP contribution in [-0.4, -0.2) is 41.4 Å². The second-order valence-corrected chi connectivity index (χ2v) is 9.56. The number of rotatable bonds is 5. The standard InChI is InChI=1S/C21H24N4O5S/c1-13-6-8-17(14(2)10-13)22-19(26)12-23(3)31(29,30)15-7-9-18-16(11-15)20(27)25(5)21(28)24(18)4/h6-11H,12H2,1-5H3,(H,22,26). The molecule has 0 aliphatic rings. The van der Waals surface area contributed by atoms with E-state index in [2.05, 4.69) is 5.32 Å². The summed E-state index contributed by atoms with van der Waals surface area (Å²) in [5, 5.41) is 2.81. The third-order valence-corrected chi connectivity index (χ3v) is 6.97. The smallest absolute Gasteiger partial charge is 0.325 e. The Bertz CT molecular complexity index is 1420. The molecular weight excluding hydrogens is 420 g/mol. The van der Waals surface area contributed by atoms with Crippen LogP contribution >= 0.6 is 0 Å². The molecule has 9 nitrogen and oxygen atoms in total. The maximum Gasteiger partial charge on any atom is 0.330 e. The van der Waals surface area contributed by atoms with E-state index < -0.39 is 33.7 Å². The summed E-state index contributed by atoms with van der Waals surface area (Å²) in [7, 11) is 0.0713. The van der Waals surface area contributed by atoms with Gasteiger partial charge in [0.05, 0.1) is 22.3 Å². The van der Waals surface area contributed by atoms with Crippen molar-refractivity contribution in [2.24, 2.45) is 14.1 Å². The fourth-order valence-electron chi connectivity index (χ4n) is 3.35. The van der Waals surface area contributed by atoms with Gasteiger partial charge in [-0.25, -0.2) is 13.2 Å². The highest BCUT2D eigenvalue weighted by molar-refractivity contribution is 7.89. The Morgan fingerprint density at radius 3 is 2.35 bits per heavy atom. The molecule has 0 saturated carbocycles. The lowest BCUT2D eigenvalue weighted by Gasteiger charge is -2.18. The van der Waals surface area contributed by atoms with E-state index in [0.29, 0.717) is 11.2 Å². The summed E-state index contributed by atoms with van der Waals surface area (Å²) in [4.78, 5) is 36.8. The van der Waals surface area contributed by atoms with Crippen molar-refractivity contribution in [1.29, 1.82) is 0 Å². The number of hydrogen-bond donors (Lipinski definition) is 1. The summed E-state index contributed by atoms with van der Waals surface area (Å²) in [5.41, 5.74) is 1.75. The van der Waals surface area contributed by atoms with Crippen LogP contribution in [0.3, 0.4) is 0 Å². The Morgan fingerprint density at radius 1 is 1.03 bits per heavy atom. The van der Waals surface area contributed by atoms with E-state index in [1.165, 1.54) is 43.9 Å². The molecule has 0 aliphatic heterocycles. The van der Waals surface area contributed by atoms with Crippen LogP contribution in [0.15, 0.2) is 50.9 Å². The Hall–Kier alpha value is -3.24. The van der Waals surface area contributed by atoms with Gasteiger partial charge in [-0.15, -0.1) is 0 Å². The van der Waals surface area contributed by atoms with Crippen molar-refractivity contribution in [3.8, 4) is 0 Å². The number of sulfonamides is 1. The van der Waals surface area contributed by atoms with E-state index in [1.54, 1.807) is 6.07 Å². The molecule has 10 heteroatoms. The van der Waals surface area contributed by atoms with Crippen molar-refractivity contribution in [2.75, 3.05) is 18.9 Å². The number of anilines is 1. The largest absolute Gasteiger partial charge is 0.330 e. The van der Waals surface area contributed by atoms with Gasteiger partial charge < -0.3 is 5.32 Å². The number of carbonyl (C=O) groups is 1. The third kappa shape index (κ3) is 4.17. The highest BCUT2D eigenvalue weighted by Crippen LogP contribution is 2.19. The zero-order chi connectivity index (χ0) is 23.1. The van der Waals surface area contributed by atoms with Crippen LogP contribution in [0.2, 0.25) is 0 Å². The van der Waals surface area contributed by atoms with Crippen molar-refractivity contribution in [3.63, 3.8) is 0 Å². The van der Waals surface area contributed by atoms with Crippen molar-refractivity contribution in [1.82, 2.24) is 13.4 Å². The van der Waals surface area contributed by atoms with Crippen LogP contribution in [0.25, 0.3) is 10.9 Å². The van der Waals surface area contributed by atoms with E-state index in [9.17, 15) is 22.8 Å². The minimum absolute atomic E-state index is 0.0961. The van der Waals surface area contributed by atoms with Gasteiger partial charge in [-0.1, -0.05) is 17.7 Å². The fraction of sp³-hybridized carbons (Fsp3) is 0.286. The van der Waals surface area contributed by atoms with E-state index in [4.69, 9.17) is 0 Å². The first-order chi connectivity index (χ1) is 14.4. The van der Waals surface area contributed by atoms with Crippen LogP contribution in [0.4, 0.5) is 5.69 Å². The van der Waals surface area contributed by atoms with Gasteiger partial charge in [0.15, 0.2) is 0 Å². The van der Waals surface area contributed by atoms with Crippen LogP contribution in [0.5, 0.6) is 0 Å². The quantitative estimate of drug-likeness (QED) is 0.634. The van der Waals surface area contributed by atoms with Gasteiger partial charge in [-0.3, -0.25) is 18.7 Å². The van der Waals surface area contributed by atoms with Gasteiger partial charge in [-0.2, -0.15) is 4.31 Å². The Kier molecular flexibility index (Phi) is 5.88. The number of amides is 1. The molecule has 0 radical (unpaired) electrons. The number of benzene rings is 2. The molecule has 3 aromatic rings. The number of fused-ring (bicyclic) bond motifs is 1. The van der Waals surface area contributed by atoms with Gasteiger partial charge in [0.2, 0.25) is 15.9 Å². The molecular formula is C21H24N4O5S. The predicted molar refractivity (Wildman–Crippen MR) is 119 cm³/mol. The predicted octanol–water partition coefficient (Wildman–Crippen LogP) is 1.11. The minimum Gasteiger partial charge on any atom is -0.325 e. The number of hydrogen-bond acceptors (Lipinski definition) is 5. The SMILES string of the molecule is Cc1ccc(NC(=O)CN(C)S(=O)(=O)c2ccc3c(c2)c(=O)n(C)c(=O)n3C)c(C)c1. The summed E-state index contributed by atoms with van der Waals surface area (Å²) in [6, 6.07) is 9.49. The molecule has 0 spiro atoms. The molecule has 0 saturated heterocycles. The molecule has 3 rings (SSSR count). The maximum absolute atomic E-state index is 13.0. The molecule has 0 unspecified atom stereocenters. The monoisotopic (exact) mass is 444 g/mol. The van der Waals surface area contributed by atoms with Crippen LogP contribution < -0.4 is 16.6 Å². The minimum atomic E-state index is -4.05. The fourth-order valence-corrected chi connectivity index (χ4v) is 4.50. The highest BCUT2D eigenvalue weighted by Gasteiger charge is 2.24. The number of likely N-dealkylation sites (N-methyl/N-ethyl adjacent to an activating group) is 1. The van der Waals surface area contributed by atoms with Crippen molar-refractivity contribution in [3.05, 3.63) is 68.4 Å². The second kappa shape index (κ2) is 8.12. The van der Waals surface area contributed by atoms with Crippen LogP contribution in [0, 0.1) is 13.8 Å². The van der Waals surface area contributed by atoms with E-state index in [-0.39, 0.29) is 10.3 Å². The van der Waals surface area contributed by atoms with Crippen molar-refractivity contribution >= 4 is 32.5 Å². The first-order valence-electron chi connectivity index (χ1n) is 9.46. The Morgan fingerprint density at radius 2 is 1.71 bits per heavy atom. The second-order valence-electron chi connectivity index (χ2n) is 7.51. The summed E-state index contributed by atoms with van der Waals surface area (Å²) in [5.74, 6) is -0.489. The molecule has 1 N–H and O–H groups in total. The average Bonchev–Trinajstić information content (AvgIpc) is 2.72. The van der Waals surface area contributed by atoms with E-state index >= 15 is 0 Å². The summed E-state index contributed by atoms with van der Waals surface area (Å²) in [6.07, 6.45) is 0. The van der Waals surface area contributed by atoms with Gasteiger partial charge in [0.1, 0.15) is 0 Å². The van der Waals surface area contributed by atoms with Crippen LogP contribution in [0.1, 0.15) is 11.1 Å². The molecule has 0 bridgehead atoms. The Balaban J connectivity index is 1.90. The zero-order valence-corrected chi connectivity index (χ0v) is 18.8. The Labute approximate surface area is 179 Å². The molecule has 0 fully saturated rings. The summed E-state index contributed by atoms with van der Waals surface area (Å²) < 4.78 is 29.1. The molecule has 1 aromatic heterocycles. The molecule has 164 valence electrons. The van der Waals surface area contributed by atoms with E-state index in [0.717, 1.165) is 20.0 Å². The van der Waals surface area contributed by atoms with Crippen molar-refractivity contribution in [2.45, 2.75) is 18.7 Å². The molecule has 0 aliphatic carbocycles. The number of aromatic nitrogens is 2. The molecule has 1 heterocycles. The number of aryl methyl sites for hydroxylation is 3. The normalized spacial score (nSPS) is 11.8. The summed E-state index contributed by atoms with van der Waals surface area (Å²) in [6.45, 7) is 3.39. The number of nitrogens with one attached hydrogen (secondary N) is 1. The molecule has 2 aromatic carbocycles. The van der Waals surface area contributed by atoms with Gasteiger partial charge in [0, 0.05) is 26.8 Å². The van der Waals surface area contributed by atoms with E-state index in [1.807, 2.05) is 26.0 Å². The zero-order valence-electron chi connectivity index (χ0n) is 18.0. The first kappa shape index (κ1) is 22.4. The first-order valence-corrected chi connectivity index (χ1v) is 10.9. The molecule has 1 amide bonds. The third-order valence-electron chi connectivity index (χ3n) is 5.17. The van der Waals surface area contributed by atoms with Gasteiger partial charge >= 0.3 is 5.69 Å².